The van der Waals surface area contributed by atoms with Crippen molar-refractivity contribution in [2.75, 3.05) is 25.6 Å². The Labute approximate surface area is 114 Å². The van der Waals surface area contributed by atoms with E-state index < -0.39 is 0 Å². The summed E-state index contributed by atoms with van der Waals surface area (Å²) in [5, 5.41) is 16.4. The largest absolute Gasteiger partial charge is 0.396 e. The molecular weight excluding hydrogens is 248 g/mol. The smallest absolute Gasteiger partial charge is 0.0612 e. The van der Waals surface area contributed by atoms with Gasteiger partial charge in [0, 0.05) is 42.8 Å². The molecule has 2 saturated heterocycles. The van der Waals surface area contributed by atoms with E-state index in [1.807, 2.05) is 11.8 Å². The summed E-state index contributed by atoms with van der Waals surface area (Å²) in [7, 11) is 0. The third-order valence-corrected chi connectivity index (χ3v) is 5.63. The average molecular weight is 274 g/mol. The maximum Gasteiger partial charge on any atom is 0.0612 e. The lowest BCUT2D eigenvalue weighted by Crippen LogP contribution is -2.63. The number of nitrogens with zero attached hydrogens (tertiary/aromatic N) is 1. The average Bonchev–Trinajstić information content (AvgIpc) is 2.66. The highest BCUT2D eigenvalue weighted by atomic mass is 32.2. The third kappa shape index (κ3) is 3.37. The first kappa shape index (κ1) is 14.6. The van der Waals surface area contributed by atoms with E-state index in [0.717, 1.165) is 25.4 Å². The number of nitrogens with one attached hydrogen (secondary N) is 2. The highest BCUT2D eigenvalue weighted by Crippen LogP contribution is 2.31. The van der Waals surface area contributed by atoms with E-state index in [4.69, 9.17) is 10.8 Å². The molecule has 0 saturated carbocycles. The fourth-order valence-electron chi connectivity index (χ4n) is 2.77. The third-order valence-electron chi connectivity index (χ3n) is 4.09. The minimum absolute atomic E-state index is 0.0790. The summed E-state index contributed by atoms with van der Waals surface area (Å²) in [5.74, 6) is 1.52. The van der Waals surface area contributed by atoms with E-state index in [-0.39, 0.29) is 6.17 Å². The predicted octanol–water partition coefficient (Wildman–Crippen LogP) is -0.428. The summed E-state index contributed by atoms with van der Waals surface area (Å²) in [6.45, 7) is 6.66. The second-order valence-corrected chi connectivity index (χ2v) is 6.64. The predicted molar refractivity (Wildman–Crippen MR) is 76.2 cm³/mol. The second-order valence-electron chi connectivity index (χ2n) is 5.44. The number of aliphatic hydroxyl groups excluding tert-OH is 1. The molecule has 0 bridgehead atoms. The van der Waals surface area contributed by atoms with Gasteiger partial charge in [-0.25, -0.2) is 0 Å². The van der Waals surface area contributed by atoms with Gasteiger partial charge in [0.05, 0.1) is 12.3 Å². The fraction of sp³-hybridized carbons (Fsp3) is 1.00. The molecular formula is C12H26N4OS. The van der Waals surface area contributed by atoms with Gasteiger partial charge in [-0.15, -0.1) is 11.8 Å². The van der Waals surface area contributed by atoms with Gasteiger partial charge in [0.15, 0.2) is 0 Å². The van der Waals surface area contributed by atoms with E-state index in [0.29, 0.717) is 30.0 Å². The first-order valence-electron chi connectivity index (χ1n) is 6.83. The Bertz CT molecular complexity index is 268. The van der Waals surface area contributed by atoms with Crippen molar-refractivity contribution in [2.45, 2.75) is 43.9 Å². The zero-order valence-corrected chi connectivity index (χ0v) is 12.1. The lowest BCUT2D eigenvalue weighted by atomic mass is 10.0. The Balaban J connectivity index is 1.83. The van der Waals surface area contributed by atoms with Gasteiger partial charge >= 0.3 is 0 Å². The van der Waals surface area contributed by atoms with Gasteiger partial charge in [-0.2, -0.15) is 0 Å². The van der Waals surface area contributed by atoms with Crippen molar-refractivity contribution in [1.82, 2.24) is 15.5 Å². The molecule has 5 atom stereocenters. The van der Waals surface area contributed by atoms with Gasteiger partial charge in [-0.1, -0.05) is 0 Å². The molecule has 0 aromatic carbocycles. The van der Waals surface area contributed by atoms with Gasteiger partial charge in [0.25, 0.3) is 0 Å². The molecule has 2 fully saturated rings. The summed E-state index contributed by atoms with van der Waals surface area (Å²) in [6.07, 6.45) is 1.28. The maximum absolute atomic E-state index is 9.05. The zero-order chi connectivity index (χ0) is 13.1. The van der Waals surface area contributed by atoms with E-state index >= 15 is 0 Å². The van der Waals surface area contributed by atoms with Gasteiger partial charge in [0.1, 0.15) is 0 Å². The molecule has 0 aromatic heterocycles. The van der Waals surface area contributed by atoms with Gasteiger partial charge < -0.3 is 16.2 Å². The fourth-order valence-corrected chi connectivity index (χ4v) is 4.22. The van der Waals surface area contributed by atoms with Crippen LogP contribution in [0.25, 0.3) is 0 Å². The summed E-state index contributed by atoms with van der Waals surface area (Å²) >= 11 is 1.96. The van der Waals surface area contributed by atoms with E-state index in [2.05, 4.69) is 29.4 Å². The van der Waals surface area contributed by atoms with Crippen LogP contribution in [-0.4, -0.2) is 59.2 Å². The molecule has 18 heavy (non-hydrogen) atoms. The van der Waals surface area contributed by atoms with Crippen molar-refractivity contribution < 1.29 is 5.11 Å². The molecule has 0 amide bonds. The Morgan fingerprint density at radius 2 is 2.22 bits per heavy atom. The van der Waals surface area contributed by atoms with E-state index in [1.54, 1.807) is 0 Å². The molecule has 6 heteroatoms. The van der Waals surface area contributed by atoms with Crippen molar-refractivity contribution >= 4 is 11.8 Å². The molecule has 0 aromatic rings. The highest BCUT2D eigenvalue weighted by Gasteiger charge is 2.34. The lowest BCUT2D eigenvalue weighted by Gasteiger charge is -2.37. The minimum atomic E-state index is 0.0790. The molecule has 0 spiro atoms. The summed E-state index contributed by atoms with van der Waals surface area (Å²) in [4.78, 5) is 2.49. The highest BCUT2D eigenvalue weighted by molar-refractivity contribution is 8.00. The number of hydrogen-bond donors (Lipinski definition) is 4. The van der Waals surface area contributed by atoms with Crippen molar-refractivity contribution in [3.05, 3.63) is 0 Å². The summed E-state index contributed by atoms with van der Waals surface area (Å²) in [6, 6.07) is 0.536. The van der Waals surface area contributed by atoms with Crippen molar-refractivity contribution in [1.29, 1.82) is 0 Å². The summed E-state index contributed by atoms with van der Waals surface area (Å²) < 4.78 is 0. The SMILES string of the molecule is CC1NCC(CN2CSC(CCO)C2C)C(N)N1. The molecule has 5 N–H and O–H groups in total. The minimum Gasteiger partial charge on any atom is -0.396 e. The molecule has 2 aliphatic rings. The van der Waals surface area contributed by atoms with Crippen LogP contribution in [0.3, 0.4) is 0 Å². The van der Waals surface area contributed by atoms with Crippen LogP contribution in [0.5, 0.6) is 0 Å². The number of aliphatic hydroxyl groups is 1. The quantitative estimate of drug-likeness (QED) is 0.558. The van der Waals surface area contributed by atoms with Crippen LogP contribution in [0.1, 0.15) is 20.3 Å². The van der Waals surface area contributed by atoms with Gasteiger partial charge in [-0.05, 0) is 20.3 Å². The van der Waals surface area contributed by atoms with Gasteiger partial charge in [-0.3, -0.25) is 10.2 Å². The Morgan fingerprint density at radius 1 is 1.44 bits per heavy atom. The van der Waals surface area contributed by atoms with Crippen LogP contribution in [0.15, 0.2) is 0 Å². The monoisotopic (exact) mass is 274 g/mol. The first-order chi connectivity index (χ1) is 8.61. The number of nitrogens with two attached hydrogens (primary N) is 1. The van der Waals surface area contributed by atoms with Gasteiger partial charge in [0.2, 0.25) is 0 Å². The molecule has 5 nitrogen and oxygen atoms in total. The van der Waals surface area contributed by atoms with Crippen molar-refractivity contribution in [2.24, 2.45) is 11.7 Å². The van der Waals surface area contributed by atoms with Crippen LogP contribution in [0.4, 0.5) is 0 Å². The number of thioether (sulfide) groups is 1. The molecule has 2 rings (SSSR count). The Kier molecular flexibility index (Phi) is 5.29. The second kappa shape index (κ2) is 6.54. The van der Waals surface area contributed by atoms with Crippen molar-refractivity contribution in [3.8, 4) is 0 Å². The van der Waals surface area contributed by atoms with Crippen LogP contribution in [0.2, 0.25) is 0 Å². The lowest BCUT2D eigenvalue weighted by molar-refractivity contribution is 0.151. The van der Waals surface area contributed by atoms with Crippen LogP contribution >= 0.6 is 11.8 Å². The first-order valence-corrected chi connectivity index (χ1v) is 7.88. The van der Waals surface area contributed by atoms with Crippen molar-refractivity contribution in [3.63, 3.8) is 0 Å². The molecule has 0 aliphatic carbocycles. The van der Waals surface area contributed by atoms with Crippen LogP contribution in [-0.2, 0) is 0 Å². The van der Waals surface area contributed by atoms with Crippen LogP contribution < -0.4 is 16.4 Å². The van der Waals surface area contributed by atoms with E-state index in [1.165, 1.54) is 0 Å². The van der Waals surface area contributed by atoms with Crippen LogP contribution in [0, 0.1) is 5.92 Å². The topological polar surface area (TPSA) is 73.5 Å². The molecule has 2 aliphatic heterocycles. The zero-order valence-electron chi connectivity index (χ0n) is 11.3. The maximum atomic E-state index is 9.05. The number of hydrogen-bond acceptors (Lipinski definition) is 6. The Hall–Kier alpha value is 0.150. The number of rotatable bonds is 4. The molecule has 2 heterocycles. The molecule has 0 radical (unpaired) electrons. The Morgan fingerprint density at radius 3 is 2.89 bits per heavy atom. The molecule has 5 unspecified atom stereocenters. The standard InChI is InChI=1S/C12H26N4OS/c1-8-11(3-4-17)18-7-16(8)6-10-5-14-9(2)15-12(10)13/h8-12,14-15,17H,3-7,13H2,1-2H3. The molecule has 106 valence electrons. The van der Waals surface area contributed by atoms with E-state index in [9.17, 15) is 0 Å². The summed E-state index contributed by atoms with van der Waals surface area (Å²) in [5.41, 5.74) is 6.16. The normalized spacial score (nSPS) is 42.3.